The van der Waals surface area contributed by atoms with Crippen LogP contribution in [-0.2, 0) is 9.53 Å². The number of carbonyl (C=O) groups excluding carboxylic acids is 1. The average Bonchev–Trinajstić information content (AvgIpc) is 2.38. The third kappa shape index (κ3) is 6.48. The molecule has 0 bridgehead atoms. The average molecular weight is 285 g/mol. The molecule has 0 saturated carbocycles. The maximum atomic E-state index is 11.5. The number of hydrogen-bond donors (Lipinski definition) is 0. The molecule has 4 heteroatoms. The predicted molar refractivity (Wildman–Crippen MR) is 76.6 cm³/mol. The number of halogens is 1. The van der Waals surface area contributed by atoms with Crippen LogP contribution in [0.1, 0.15) is 39.5 Å². The molecule has 0 radical (unpaired) electrons. The standard InChI is InChI=1S/C15H21ClO3/c1-3-4-5-10-15(17)19-12(2)11-18-14-9-7-6-8-13(14)16/h6-9,12H,3-5,10-11H2,1-2H3. The van der Waals surface area contributed by atoms with Gasteiger partial charge in [0.15, 0.2) is 0 Å². The van der Waals surface area contributed by atoms with Crippen LogP contribution in [0.15, 0.2) is 24.3 Å². The first-order valence-corrected chi connectivity index (χ1v) is 7.08. The predicted octanol–water partition coefficient (Wildman–Crippen LogP) is 4.23. The molecule has 1 atom stereocenters. The van der Waals surface area contributed by atoms with Crippen molar-refractivity contribution in [3.05, 3.63) is 29.3 Å². The third-order valence-corrected chi connectivity index (χ3v) is 2.94. The summed E-state index contributed by atoms with van der Waals surface area (Å²) in [5.74, 6) is 0.446. The highest BCUT2D eigenvalue weighted by Gasteiger charge is 2.10. The maximum absolute atomic E-state index is 11.5. The van der Waals surface area contributed by atoms with Crippen LogP contribution in [0, 0.1) is 0 Å². The summed E-state index contributed by atoms with van der Waals surface area (Å²) in [6, 6.07) is 7.24. The van der Waals surface area contributed by atoms with Gasteiger partial charge in [0.05, 0.1) is 5.02 Å². The summed E-state index contributed by atoms with van der Waals surface area (Å²) in [6.07, 6.45) is 3.24. The van der Waals surface area contributed by atoms with Gasteiger partial charge in [-0.2, -0.15) is 0 Å². The topological polar surface area (TPSA) is 35.5 Å². The van der Waals surface area contributed by atoms with Gasteiger partial charge in [-0.15, -0.1) is 0 Å². The molecule has 19 heavy (non-hydrogen) atoms. The molecular formula is C15H21ClO3. The minimum Gasteiger partial charge on any atom is -0.488 e. The zero-order valence-electron chi connectivity index (χ0n) is 11.5. The van der Waals surface area contributed by atoms with E-state index >= 15 is 0 Å². The summed E-state index contributed by atoms with van der Waals surface area (Å²) in [5, 5.41) is 0.559. The van der Waals surface area contributed by atoms with Crippen molar-refractivity contribution < 1.29 is 14.3 Å². The van der Waals surface area contributed by atoms with Gasteiger partial charge in [-0.1, -0.05) is 43.5 Å². The molecular weight excluding hydrogens is 264 g/mol. The molecule has 0 N–H and O–H groups in total. The fourth-order valence-electron chi connectivity index (χ4n) is 1.61. The Labute approximate surface area is 119 Å². The fourth-order valence-corrected chi connectivity index (χ4v) is 1.80. The summed E-state index contributed by atoms with van der Waals surface area (Å²) in [7, 11) is 0. The van der Waals surface area contributed by atoms with E-state index in [9.17, 15) is 4.79 Å². The Kier molecular flexibility index (Phi) is 7.34. The van der Waals surface area contributed by atoms with Gasteiger partial charge < -0.3 is 9.47 Å². The number of unbranched alkanes of at least 4 members (excludes halogenated alkanes) is 2. The molecule has 106 valence electrons. The quantitative estimate of drug-likeness (QED) is 0.529. The van der Waals surface area contributed by atoms with E-state index in [2.05, 4.69) is 6.92 Å². The number of carbonyl (C=O) groups is 1. The second kappa shape index (κ2) is 8.81. The van der Waals surface area contributed by atoms with Crippen molar-refractivity contribution in [2.24, 2.45) is 0 Å². The summed E-state index contributed by atoms with van der Waals surface area (Å²) >= 11 is 5.97. The molecule has 0 aromatic heterocycles. The Morgan fingerprint density at radius 1 is 1.32 bits per heavy atom. The Morgan fingerprint density at radius 3 is 2.74 bits per heavy atom. The van der Waals surface area contributed by atoms with Crippen LogP contribution in [0.2, 0.25) is 5.02 Å². The molecule has 3 nitrogen and oxygen atoms in total. The molecule has 0 fully saturated rings. The lowest BCUT2D eigenvalue weighted by Gasteiger charge is -2.15. The zero-order valence-corrected chi connectivity index (χ0v) is 12.3. The van der Waals surface area contributed by atoms with Crippen LogP contribution in [0.25, 0.3) is 0 Å². The maximum Gasteiger partial charge on any atom is 0.306 e. The number of benzene rings is 1. The molecule has 1 aromatic carbocycles. The van der Waals surface area contributed by atoms with Crippen molar-refractivity contribution in [1.82, 2.24) is 0 Å². The van der Waals surface area contributed by atoms with E-state index in [0.29, 0.717) is 23.8 Å². The molecule has 0 amide bonds. The summed E-state index contributed by atoms with van der Waals surface area (Å²) in [6.45, 7) is 4.23. The Bertz CT molecular complexity index is 393. The van der Waals surface area contributed by atoms with E-state index in [4.69, 9.17) is 21.1 Å². The molecule has 0 aliphatic heterocycles. The molecule has 0 spiro atoms. The summed E-state index contributed by atoms with van der Waals surface area (Å²) < 4.78 is 10.8. The highest BCUT2D eigenvalue weighted by molar-refractivity contribution is 6.32. The smallest absolute Gasteiger partial charge is 0.306 e. The van der Waals surface area contributed by atoms with Crippen molar-refractivity contribution in [1.29, 1.82) is 0 Å². The van der Waals surface area contributed by atoms with Gasteiger partial charge in [0.2, 0.25) is 0 Å². The van der Waals surface area contributed by atoms with Crippen LogP contribution < -0.4 is 4.74 Å². The van der Waals surface area contributed by atoms with E-state index in [1.807, 2.05) is 19.1 Å². The number of esters is 1. The molecule has 0 saturated heterocycles. The van der Waals surface area contributed by atoms with Crippen molar-refractivity contribution in [2.75, 3.05) is 6.61 Å². The number of hydrogen-bond acceptors (Lipinski definition) is 3. The number of para-hydroxylation sites is 1. The first-order chi connectivity index (χ1) is 9.13. The lowest BCUT2D eigenvalue weighted by atomic mass is 10.2. The van der Waals surface area contributed by atoms with Crippen molar-refractivity contribution >= 4 is 17.6 Å². The first-order valence-electron chi connectivity index (χ1n) is 6.70. The van der Waals surface area contributed by atoms with Gasteiger partial charge >= 0.3 is 5.97 Å². The first kappa shape index (κ1) is 15.8. The Balaban J connectivity index is 2.26. The van der Waals surface area contributed by atoms with Crippen LogP contribution in [-0.4, -0.2) is 18.7 Å². The van der Waals surface area contributed by atoms with Crippen LogP contribution in [0.4, 0.5) is 0 Å². The zero-order chi connectivity index (χ0) is 14.1. The van der Waals surface area contributed by atoms with E-state index in [1.54, 1.807) is 12.1 Å². The van der Waals surface area contributed by atoms with Crippen LogP contribution in [0.5, 0.6) is 5.75 Å². The minimum atomic E-state index is -0.273. The van der Waals surface area contributed by atoms with Gasteiger partial charge in [-0.25, -0.2) is 0 Å². The van der Waals surface area contributed by atoms with E-state index in [0.717, 1.165) is 19.3 Å². The SMILES string of the molecule is CCCCCC(=O)OC(C)COc1ccccc1Cl. The van der Waals surface area contributed by atoms with Gasteiger partial charge in [-0.05, 0) is 25.5 Å². The monoisotopic (exact) mass is 284 g/mol. The minimum absolute atomic E-state index is 0.163. The molecule has 0 aliphatic rings. The van der Waals surface area contributed by atoms with Gasteiger partial charge in [0.25, 0.3) is 0 Å². The molecule has 1 unspecified atom stereocenters. The fraction of sp³-hybridized carbons (Fsp3) is 0.533. The van der Waals surface area contributed by atoms with Crippen molar-refractivity contribution in [3.8, 4) is 5.75 Å². The number of rotatable bonds is 8. The molecule has 1 aromatic rings. The Hall–Kier alpha value is -1.22. The van der Waals surface area contributed by atoms with Crippen molar-refractivity contribution in [2.45, 2.75) is 45.6 Å². The van der Waals surface area contributed by atoms with E-state index < -0.39 is 0 Å². The van der Waals surface area contributed by atoms with E-state index in [1.165, 1.54) is 0 Å². The van der Waals surface area contributed by atoms with Gasteiger partial charge in [-0.3, -0.25) is 4.79 Å². The van der Waals surface area contributed by atoms with Gasteiger partial charge in [0, 0.05) is 6.42 Å². The lowest BCUT2D eigenvalue weighted by Crippen LogP contribution is -2.21. The van der Waals surface area contributed by atoms with E-state index in [-0.39, 0.29) is 12.1 Å². The highest BCUT2D eigenvalue weighted by atomic mass is 35.5. The molecule has 1 rings (SSSR count). The summed E-state index contributed by atoms with van der Waals surface area (Å²) in [5.41, 5.74) is 0. The highest BCUT2D eigenvalue weighted by Crippen LogP contribution is 2.23. The largest absolute Gasteiger partial charge is 0.488 e. The number of ether oxygens (including phenoxy) is 2. The van der Waals surface area contributed by atoms with Crippen molar-refractivity contribution in [3.63, 3.8) is 0 Å². The van der Waals surface area contributed by atoms with Crippen LogP contribution in [0.3, 0.4) is 0 Å². The second-order valence-electron chi connectivity index (χ2n) is 4.50. The molecule has 0 aliphatic carbocycles. The molecule has 0 heterocycles. The second-order valence-corrected chi connectivity index (χ2v) is 4.91. The lowest BCUT2D eigenvalue weighted by molar-refractivity contribution is -0.149. The normalized spacial score (nSPS) is 11.9. The summed E-state index contributed by atoms with van der Waals surface area (Å²) in [4.78, 5) is 11.5. The van der Waals surface area contributed by atoms with Crippen LogP contribution >= 0.6 is 11.6 Å². The Morgan fingerprint density at radius 2 is 2.05 bits per heavy atom. The third-order valence-electron chi connectivity index (χ3n) is 2.63. The van der Waals surface area contributed by atoms with Gasteiger partial charge in [0.1, 0.15) is 18.5 Å².